The van der Waals surface area contributed by atoms with Crippen LogP contribution in [0.4, 0.5) is 5.82 Å². The van der Waals surface area contributed by atoms with E-state index in [4.69, 9.17) is 5.11 Å². The van der Waals surface area contributed by atoms with Crippen LogP contribution in [0.2, 0.25) is 0 Å². The van der Waals surface area contributed by atoms with Gasteiger partial charge in [0.1, 0.15) is 0 Å². The van der Waals surface area contributed by atoms with Gasteiger partial charge in [-0.05, 0) is 12.8 Å². The number of hydrogen-bond donors (Lipinski definition) is 3. The van der Waals surface area contributed by atoms with Gasteiger partial charge in [-0.15, -0.1) is 5.10 Å². The first kappa shape index (κ1) is 11.4. The van der Waals surface area contributed by atoms with Gasteiger partial charge in [0, 0.05) is 13.1 Å². The Morgan fingerprint density at radius 2 is 2.24 bits per heavy atom. The molecule has 1 saturated heterocycles. The molecule has 0 aromatic carbocycles. The minimum atomic E-state index is -0.879. The zero-order chi connectivity index (χ0) is 12.4. The molecule has 8 nitrogen and oxygen atoms in total. The van der Waals surface area contributed by atoms with Crippen LogP contribution >= 0.6 is 0 Å². The molecule has 1 aromatic rings. The smallest absolute Gasteiger partial charge is 0.342 e. The van der Waals surface area contributed by atoms with E-state index in [0.717, 1.165) is 0 Å². The van der Waals surface area contributed by atoms with Gasteiger partial charge in [-0.25, -0.2) is 9.89 Å². The quantitative estimate of drug-likeness (QED) is 0.594. The third-order valence-corrected chi connectivity index (χ3v) is 2.76. The van der Waals surface area contributed by atoms with E-state index in [0.29, 0.717) is 19.4 Å². The molecule has 2 rings (SSSR count). The Morgan fingerprint density at radius 3 is 2.88 bits per heavy atom. The summed E-state index contributed by atoms with van der Waals surface area (Å²) in [6.45, 7) is 0.795. The predicted molar refractivity (Wildman–Crippen MR) is 58.1 cm³/mol. The Bertz CT molecular complexity index is 534. The minimum Gasteiger partial charge on any atom is -0.481 e. The van der Waals surface area contributed by atoms with Gasteiger partial charge in [-0.3, -0.25) is 14.6 Å². The van der Waals surface area contributed by atoms with E-state index in [1.165, 1.54) is 0 Å². The maximum Gasteiger partial charge on any atom is 0.342 e. The van der Waals surface area contributed by atoms with Crippen LogP contribution in [-0.4, -0.2) is 39.3 Å². The van der Waals surface area contributed by atoms with Crippen molar-refractivity contribution in [1.82, 2.24) is 15.2 Å². The fourth-order valence-electron chi connectivity index (χ4n) is 1.93. The summed E-state index contributed by atoms with van der Waals surface area (Å²) in [5, 5.41) is 14.7. The summed E-state index contributed by atoms with van der Waals surface area (Å²) < 4.78 is 0. The van der Waals surface area contributed by atoms with Crippen molar-refractivity contribution in [2.24, 2.45) is 5.92 Å². The first-order valence-corrected chi connectivity index (χ1v) is 5.24. The van der Waals surface area contributed by atoms with Gasteiger partial charge in [0.05, 0.1) is 5.92 Å². The molecule has 2 heterocycles. The predicted octanol–water partition coefficient (Wildman–Crippen LogP) is -1.24. The highest BCUT2D eigenvalue weighted by Gasteiger charge is 2.27. The summed E-state index contributed by atoms with van der Waals surface area (Å²) in [6, 6.07) is 0. The van der Waals surface area contributed by atoms with Gasteiger partial charge in [0.2, 0.25) is 5.82 Å². The molecule has 1 unspecified atom stereocenters. The van der Waals surface area contributed by atoms with Crippen LogP contribution in [0.5, 0.6) is 0 Å². The maximum atomic E-state index is 11.5. The van der Waals surface area contributed by atoms with Gasteiger partial charge in [0.15, 0.2) is 0 Å². The molecule has 1 aromatic heterocycles. The Kier molecular flexibility index (Phi) is 2.94. The molecule has 0 bridgehead atoms. The second-order valence-electron chi connectivity index (χ2n) is 3.95. The van der Waals surface area contributed by atoms with Crippen molar-refractivity contribution in [2.45, 2.75) is 12.8 Å². The standard InChI is InChI=1S/C9H12N4O4/c14-7-6(11-12-9(17)10-7)13-3-1-2-5(4-13)8(15)16/h5H,1-4H2,(H,15,16)(H2,10,12,14,17). The third kappa shape index (κ3) is 2.35. The number of aliphatic carboxylic acids is 1. The first-order chi connectivity index (χ1) is 8.08. The molecule has 8 heteroatoms. The molecular weight excluding hydrogens is 228 g/mol. The van der Waals surface area contributed by atoms with Crippen LogP contribution in [0.3, 0.4) is 0 Å². The highest BCUT2D eigenvalue weighted by Crippen LogP contribution is 2.18. The van der Waals surface area contributed by atoms with Gasteiger partial charge < -0.3 is 10.0 Å². The number of aromatic amines is 2. The fraction of sp³-hybridized carbons (Fsp3) is 0.556. The molecule has 1 aliphatic rings. The monoisotopic (exact) mass is 240 g/mol. The molecule has 0 aliphatic carbocycles. The van der Waals surface area contributed by atoms with Crippen LogP contribution < -0.4 is 16.1 Å². The molecular formula is C9H12N4O4. The first-order valence-electron chi connectivity index (χ1n) is 5.24. The molecule has 0 spiro atoms. The Hall–Kier alpha value is -2.12. The lowest BCUT2D eigenvalue weighted by molar-refractivity contribution is -0.141. The third-order valence-electron chi connectivity index (χ3n) is 2.76. The number of aromatic nitrogens is 3. The van der Waals surface area contributed by atoms with Crippen molar-refractivity contribution in [3.8, 4) is 0 Å². The van der Waals surface area contributed by atoms with Crippen LogP contribution in [0, 0.1) is 5.92 Å². The van der Waals surface area contributed by atoms with Crippen molar-refractivity contribution in [2.75, 3.05) is 18.0 Å². The number of carboxylic acids is 1. The lowest BCUT2D eigenvalue weighted by atomic mass is 9.98. The van der Waals surface area contributed by atoms with Crippen LogP contribution in [0.15, 0.2) is 9.59 Å². The number of rotatable bonds is 2. The van der Waals surface area contributed by atoms with Crippen molar-refractivity contribution in [3.63, 3.8) is 0 Å². The molecule has 17 heavy (non-hydrogen) atoms. The number of anilines is 1. The average molecular weight is 240 g/mol. The van der Waals surface area contributed by atoms with E-state index >= 15 is 0 Å². The number of hydrogen-bond acceptors (Lipinski definition) is 5. The fourth-order valence-corrected chi connectivity index (χ4v) is 1.93. The number of nitrogens with one attached hydrogen (secondary N) is 2. The van der Waals surface area contributed by atoms with Gasteiger partial charge >= 0.3 is 11.7 Å². The largest absolute Gasteiger partial charge is 0.481 e. The summed E-state index contributed by atoms with van der Waals surface area (Å²) in [6.07, 6.45) is 1.27. The van der Waals surface area contributed by atoms with Gasteiger partial charge in [0.25, 0.3) is 5.56 Å². The van der Waals surface area contributed by atoms with Crippen molar-refractivity contribution < 1.29 is 9.90 Å². The Morgan fingerprint density at radius 1 is 1.47 bits per heavy atom. The van der Waals surface area contributed by atoms with Crippen LogP contribution in [0.25, 0.3) is 0 Å². The lowest BCUT2D eigenvalue weighted by Gasteiger charge is -2.30. The minimum absolute atomic E-state index is 0.0653. The van der Waals surface area contributed by atoms with E-state index < -0.39 is 23.1 Å². The van der Waals surface area contributed by atoms with Crippen molar-refractivity contribution >= 4 is 11.8 Å². The highest BCUT2D eigenvalue weighted by atomic mass is 16.4. The second-order valence-corrected chi connectivity index (χ2v) is 3.95. The summed E-state index contributed by atoms with van der Waals surface area (Å²) in [4.78, 5) is 36.8. The number of H-pyrrole nitrogens is 2. The number of carbonyl (C=O) groups is 1. The normalized spacial score (nSPS) is 20.2. The van der Waals surface area contributed by atoms with Crippen LogP contribution in [0.1, 0.15) is 12.8 Å². The molecule has 1 fully saturated rings. The topological polar surface area (TPSA) is 119 Å². The molecule has 3 N–H and O–H groups in total. The molecule has 1 aliphatic heterocycles. The molecule has 0 amide bonds. The van der Waals surface area contributed by atoms with E-state index in [-0.39, 0.29) is 12.4 Å². The van der Waals surface area contributed by atoms with Crippen molar-refractivity contribution in [1.29, 1.82) is 0 Å². The van der Waals surface area contributed by atoms with Crippen LogP contribution in [-0.2, 0) is 4.79 Å². The number of piperidine rings is 1. The average Bonchev–Trinajstić information content (AvgIpc) is 2.29. The highest BCUT2D eigenvalue weighted by molar-refractivity contribution is 5.71. The van der Waals surface area contributed by atoms with E-state index in [1.807, 2.05) is 0 Å². The molecule has 1 atom stereocenters. The van der Waals surface area contributed by atoms with E-state index in [2.05, 4.69) is 15.2 Å². The summed E-state index contributed by atoms with van der Waals surface area (Å²) in [5.41, 5.74) is -1.27. The number of nitrogens with zero attached hydrogens (tertiary/aromatic N) is 2. The molecule has 0 radical (unpaired) electrons. The Labute approximate surface area is 95.3 Å². The van der Waals surface area contributed by atoms with Gasteiger partial charge in [-0.2, -0.15) is 0 Å². The molecule has 0 saturated carbocycles. The van der Waals surface area contributed by atoms with Crippen molar-refractivity contribution in [3.05, 3.63) is 20.8 Å². The van der Waals surface area contributed by atoms with E-state index in [1.54, 1.807) is 4.90 Å². The zero-order valence-corrected chi connectivity index (χ0v) is 8.97. The zero-order valence-electron chi connectivity index (χ0n) is 8.97. The second kappa shape index (κ2) is 4.40. The summed E-state index contributed by atoms with van der Waals surface area (Å²) in [7, 11) is 0. The SMILES string of the molecule is O=C(O)C1CCCN(c2n[nH]c(=O)[nH]c2=O)C1. The summed E-state index contributed by atoms with van der Waals surface area (Å²) in [5.74, 6) is -1.32. The molecule has 92 valence electrons. The van der Waals surface area contributed by atoms with Gasteiger partial charge in [-0.1, -0.05) is 0 Å². The summed E-state index contributed by atoms with van der Waals surface area (Å²) >= 11 is 0. The van der Waals surface area contributed by atoms with E-state index in [9.17, 15) is 14.4 Å². The lowest BCUT2D eigenvalue weighted by Crippen LogP contribution is -2.43. The Balaban J connectivity index is 2.25. The number of carboxylic acid groups (broad SMARTS) is 1. The maximum absolute atomic E-state index is 11.5.